The molecule has 0 aliphatic heterocycles. The van der Waals surface area contributed by atoms with Crippen molar-refractivity contribution in [1.82, 2.24) is 0 Å². The van der Waals surface area contributed by atoms with E-state index in [-0.39, 0.29) is 18.4 Å². The minimum atomic E-state index is -0.363. The molecule has 110 valence electrons. The van der Waals surface area contributed by atoms with Gasteiger partial charge >= 0.3 is 5.97 Å². The molecule has 0 amide bonds. The summed E-state index contributed by atoms with van der Waals surface area (Å²) in [7, 11) is 0. The number of halogens is 2. The van der Waals surface area contributed by atoms with Gasteiger partial charge in [0, 0.05) is 4.47 Å². The van der Waals surface area contributed by atoms with Crippen LogP contribution in [0.5, 0.6) is 5.75 Å². The van der Waals surface area contributed by atoms with E-state index >= 15 is 0 Å². The molecule has 0 spiro atoms. The molecule has 0 radical (unpaired) electrons. The minimum Gasteiger partial charge on any atom is -0.489 e. The Morgan fingerprint density at radius 1 is 1.19 bits per heavy atom. The number of hydrogen-bond acceptors (Lipinski definition) is 3. The van der Waals surface area contributed by atoms with Gasteiger partial charge in [-0.15, -0.1) is 0 Å². The van der Waals surface area contributed by atoms with Gasteiger partial charge in [-0.25, -0.2) is 9.18 Å². The fraction of sp³-hybridized carbons (Fsp3) is 0.188. The molecule has 2 rings (SSSR count). The molecule has 0 atom stereocenters. The predicted octanol–water partition coefficient (Wildman–Crippen LogP) is 4.34. The molecule has 0 aliphatic rings. The topological polar surface area (TPSA) is 35.5 Å². The zero-order valence-corrected chi connectivity index (χ0v) is 13.0. The third kappa shape index (κ3) is 4.56. The lowest BCUT2D eigenvalue weighted by atomic mass is 10.2. The van der Waals surface area contributed by atoms with Crippen LogP contribution < -0.4 is 4.74 Å². The van der Waals surface area contributed by atoms with Gasteiger partial charge in [0.05, 0.1) is 12.2 Å². The van der Waals surface area contributed by atoms with Crippen molar-refractivity contribution < 1.29 is 18.7 Å². The van der Waals surface area contributed by atoms with Crippen molar-refractivity contribution in [3.05, 3.63) is 63.9 Å². The zero-order chi connectivity index (χ0) is 15.2. The molecule has 0 aliphatic carbocycles. The van der Waals surface area contributed by atoms with Crippen LogP contribution in [0.3, 0.4) is 0 Å². The van der Waals surface area contributed by atoms with Crippen LogP contribution in [0, 0.1) is 5.82 Å². The molecule has 3 nitrogen and oxygen atoms in total. The first-order chi connectivity index (χ1) is 10.1. The van der Waals surface area contributed by atoms with Crippen molar-refractivity contribution in [2.75, 3.05) is 6.61 Å². The van der Waals surface area contributed by atoms with Crippen molar-refractivity contribution in [3.63, 3.8) is 0 Å². The lowest BCUT2D eigenvalue weighted by Gasteiger charge is -2.08. The summed E-state index contributed by atoms with van der Waals surface area (Å²) < 4.78 is 24.4. The third-order valence-corrected chi connectivity index (χ3v) is 3.15. The Kier molecular flexibility index (Phi) is 5.33. The van der Waals surface area contributed by atoms with Crippen LogP contribution in [-0.4, -0.2) is 12.6 Å². The smallest absolute Gasteiger partial charge is 0.338 e. The number of carbonyl (C=O) groups excluding carboxylic acids is 1. The summed E-state index contributed by atoms with van der Waals surface area (Å²) >= 11 is 3.23. The van der Waals surface area contributed by atoms with Crippen molar-refractivity contribution in [2.24, 2.45) is 0 Å². The molecular weight excluding hydrogens is 339 g/mol. The predicted molar refractivity (Wildman–Crippen MR) is 80.8 cm³/mol. The molecule has 0 bridgehead atoms. The first-order valence-electron chi connectivity index (χ1n) is 6.43. The molecule has 0 N–H and O–H groups in total. The van der Waals surface area contributed by atoms with Gasteiger partial charge in [0.2, 0.25) is 0 Å². The SMILES string of the molecule is CCOC(=O)c1ccc(OCc2cc(F)cc(Br)c2)cc1. The van der Waals surface area contributed by atoms with E-state index in [1.165, 1.54) is 12.1 Å². The van der Waals surface area contributed by atoms with E-state index in [9.17, 15) is 9.18 Å². The number of benzene rings is 2. The summed E-state index contributed by atoms with van der Waals surface area (Å²) in [6, 6.07) is 11.2. The molecule has 0 saturated carbocycles. The van der Waals surface area contributed by atoms with Crippen molar-refractivity contribution >= 4 is 21.9 Å². The third-order valence-electron chi connectivity index (χ3n) is 2.69. The van der Waals surface area contributed by atoms with Crippen LogP contribution in [0.4, 0.5) is 4.39 Å². The number of ether oxygens (including phenoxy) is 2. The Balaban J connectivity index is 1.99. The van der Waals surface area contributed by atoms with E-state index in [2.05, 4.69) is 15.9 Å². The van der Waals surface area contributed by atoms with Crippen LogP contribution in [0.1, 0.15) is 22.8 Å². The lowest BCUT2D eigenvalue weighted by Crippen LogP contribution is -2.04. The second kappa shape index (κ2) is 7.22. The fourth-order valence-corrected chi connectivity index (χ4v) is 2.28. The molecular formula is C16H14BrFO3. The highest BCUT2D eigenvalue weighted by Crippen LogP contribution is 2.18. The Morgan fingerprint density at radius 3 is 2.52 bits per heavy atom. The number of hydrogen-bond donors (Lipinski definition) is 0. The second-order valence-electron chi connectivity index (χ2n) is 4.31. The van der Waals surface area contributed by atoms with Gasteiger partial charge < -0.3 is 9.47 Å². The quantitative estimate of drug-likeness (QED) is 0.750. The van der Waals surface area contributed by atoms with E-state index in [1.54, 1.807) is 37.3 Å². The van der Waals surface area contributed by atoms with E-state index in [1.807, 2.05) is 0 Å². The maximum atomic E-state index is 13.2. The number of carbonyl (C=O) groups is 1. The molecule has 0 unspecified atom stereocenters. The lowest BCUT2D eigenvalue weighted by molar-refractivity contribution is 0.0526. The molecule has 0 fully saturated rings. The summed E-state index contributed by atoms with van der Waals surface area (Å²) in [6.45, 7) is 2.34. The maximum absolute atomic E-state index is 13.2. The van der Waals surface area contributed by atoms with Crippen LogP contribution in [0.25, 0.3) is 0 Å². The molecule has 21 heavy (non-hydrogen) atoms. The minimum absolute atomic E-state index is 0.245. The number of esters is 1. The maximum Gasteiger partial charge on any atom is 0.338 e. The Labute approximate surface area is 130 Å². The molecule has 2 aromatic carbocycles. The fourth-order valence-electron chi connectivity index (χ4n) is 1.76. The Bertz CT molecular complexity index is 606. The van der Waals surface area contributed by atoms with Gasteiger partial charge in [0.1, 0.15) is 18.2 Å². The molecule has 2 aromatic rings. The van der Waals surface area contributed by atoms with E-state index in [4.69, 9.17) is 9.47 Å². The average Bonchev–Trinajstić information content (AvgIpc) is 2.45. The number of rotatable bonds is 5. The summed E-state index contributed by atoms with van der Waals surface area (Å²) in [5.41, 5.74) is 1.19. The standard InChI is InChI=1S/C16H14BrFO3/c1-2-20-16(19)12-3-5-15(6-4-12)21-10-11-7-13(17)9-14(18)8-11/h3-9H,2,10H2,1H3. The molecule has 0 saturated heterocycles. The first kappa shape index (κ1) is 15.5. The van der Waals surface area contributed by atoms with Gasteiger partial charge in [0.25, 0.3) is 0 Å². The first-order valence-corrected chi connectivity index (χ1v) is 7.22. The van der Waals surface area contributed by atoms with E-state index in [0.717, 1.165) is 5.56 Å². The van der Waals surface area contributed by atoms with Crippen LogP contribution >= 0.6 is 15.9 Å². The van der Waals surface area contributed by atoms with Crippen molar-refractivity contribution in [2.45, 2.75) is 13.5 Å². The Hall–Kier alpha value is -1.88. The Morgan fingerprint density at radius 2 is 1.90 bits per heavy atom. The highest BCUT2D eigenvalue weighted by atomic mass is 79.9. The summed E-state index contributed by atoms with van der Waals surface area (Å²) in [5, 5.41) is 0. The molecule has 0 heterocycles. The van der Waals surface area contributed by atoms with Crippen molar-refractivity contribution in [3.8, 4) is 5.75 Å². The second-order valence-corrected chi connectivity index (χ2v) is 5.23. The molecule has 5 heteroatoms. The van der Waals surface area contributed by atoms with Gasteiger partial charge in [-0.2, -0.15) is 0 Å². The van der Waals surface area contributed by atoms with Crippen LogP contribution in [0.2, 0.25) is 0 Å². The zero-order valence-electron chi connectivity index (χ0n) is 11.4. The summed E-state index contributed by atoms with van der Waals surface area (Å²) in [6.07, 6.45) is 0. The van der Waals surface area contributed by atoms with Crippen LogP contribution in [0.15, 0.2) is 46.9 Å². The normalized spacial score (nSPS) is 10.2. The van der Waals surface area contributed by atoms with Gasteiger partial charge in [-0.05, 0) is 55.0 Å². The van der Waals surface area contributed by atoms with Crippen LogP contribution in [-0.2, 0) is 11.3 Å². The molecule has 0 aromatic heterocycles. The van der Waals surface area contributed by atoms with Gasteiger partial charge in [-0.1, -0.05) is 15.9 Å². The summed E-state index contributed by atoms with van der Waals surface area (Å²) in [5.74, 6) is -0.0813. The largest absolute Gasteiger partial charge is 0.489 e. The highest BCUT2D eigenvalue weighted by Gasteiger charge is 2.06. The van der Waals surface area contributed by atoms with E-state index in [0.29, 0.717) is 22.4 Å². The average molecular weight is 353 g/mol. The van der Waals surface area contributed by atoms with Gasteiger partial charge in [0.15, 0.2) is 0 Å². The highest BCUT2D eigenvalue weighted by molar-refractivity contribution is 9.10. The van der Waals surface area contributed by atoms with Gasteiger partial charge in [-0.3, -0.25) is 0 Å². The monoisotopic (exact) mass is 352 g/mol. The van der Waals surface area contributed by atoms with Crippen molar-refractivity contribution in [1.29, 1.82) is 0 Å². The van der Waals surface area contributed by atoms with E-state index < -0.39 is 0 Å². The summed E-state index contributed by atoms with van der Waals surface area (Å²) in [4.78, 5) is 11.5.